The van der Waals surface area contributed by atoms with Crippen LogP contribution in [0.1, 0.15) is 161 Å². The maximum absolute atomic E-state index is 2.44. The number of rotatable bonds is 30. The van der Waals surface area contributed by atoms with E-state index in [2.05, 4.69) is 173 Å². The van der Waals surface area contributed by atoms with Crippen molar-refractivity contribution in [2.75, 3.05) is 0 Å². The molecule has 2 aromatic carbocycles. The Bertz CT molecular complexity index is 3010. The molecule has 0 atom stereocenters. The molecule has 0 spiro atoms. The Kier molecular flexibility index (Phi) is 21.2. The number of aryl methyl sites for hydroxylation is 4. The zero-order valence-electron chi connectivity index (χ0n) is 46.3. The van der Waals surface area contributed by atoms with Crippen LogP contribution in [-0.4, -0.2) is 0 Å². The summed E-state index contributed by atoms with van der Waals surface area (Å²) < 4.78 is 0. The van der Waals surface area contributed by atoms with Gasteiger partial charge in [0.25, 0.3) is 0 Å². The van der Waals surface area contributed by atoms with Crippen LogP contribution in [0.2, 0.25) is 0 Å². The van der Waals surface area contributed by atoms with E-state index >= 15 is 0 Å². The van der Waals surface area contributed by atoms with E-state index in [1.54, 1.807) is 0 Å². The minimum atomic E-state index is 1.19. The van der Waals surface area contributed by atoms with Gasteiger partial charge in [0.05, 0.1) is 0 Å². The maximum atomic E-state index is 2.44. The lowest BCUT2D eigenvalue weighted by Crippen LogP contribution is -1.83. The third-order valence-electron chi connectivity index (χ3n) is 14.7. The Morgan fingerprint density at radius 3 is 0.692 bits per heavy atom. The van der Waals surface area contributed by atoms with Crippen LogP contribution in [0.3, 0.4) is 0 Å². The summed E-state index contributed by atoms with van der Waals surface area (Å²) in [6, 6.07) is 52.3. The van der Waals surface area contributed by atoms with Crippen molar-refractivity contribution < 1.29 is 0 Å². The highest BCUT2D eigenvalue weighted by atomic mass is 32.1. The van der Waals surface area contributed by atoms with Gasteiger partial charge in [-0.1, -0.05) is 117 Å². The van der Waals surface area contributed by atoms with Crippen molar-refractivity contribution in [1.82, 2.24) is 0 Å². The van der Waals surface area contributed by atoms with Crippen LogP contribution in [0.25, 0.3) is 92.9 Å². The van der Waals surface area contributed by atoms with Crippen LogP contribution in [0.5, 0.6) is 0 Å². The summed E-state index contributed by atoms with van der Waals surface area (Å²) in [4.78, 5) is 22.3. The molecule has 0 saturated carbocycles. The molecule has 78 heavy (non-hydrogen) atoms. The summed E-state index contributed by atoms with van der Waals surface area (Å²) in [5, 5.41) is 0. The van der Waals surface area contributed by atoms with Gasteiger partial charge in [-0.25, -0.2) is 0 Å². The zero-order chi connectivity index (χ0) is 53.5. The Morgan fingerprint density at radius 1 is 0.231 bits per heavy atom. The van der Waals surface area contributed by atoms with Crippen molar-refractivity contribution in [3.63, 3.8) is 0 Å². The van der Waals surface area contributed by atoms with Gasteiger partial charge in [-0.3, -0.25) is 0 Å². The first kappa shape index (κ1) is 57.0. The first-order valence-corrected chi connectivity index (χ1v) is 35.7. The second kappa shape index (κ2) is 29.0. The molecule has 10 aromatic rings. The fourth-order valence-electron chi connectivity index (χ4n) is 10.2. The number of unbranched alkanes of at least 4 members (excludes halogenated alkanes) is 12. The second-order valence-electron chi connectivity index (χ2n) is 21.0. The van der Waals surface area contributed by atoms with Crippen LogP contribution in [0.4, 0.5) is 0 Å². The molecule has 0 N–H and O–H groups in total. The van der Waals surface area contributed by atoms with Gasteiger partial charge >= 0.3 is 0 Å². The Hall–Kier alpha value is -4.22. The highest BCUT2D eigenvalue weighted by molar-refractivity contribution is 7.25. The molecular formula is C70H76S8. The molecule has 0 aliphatic heterocycles. The first-order valence-electron chi connectivity index (χ1n) is 29.2. The summed E-state index contributed by atoms with van der Waals surface area (Å²) in [5.41, 5.74) is 7.56. The van der Waals surface area contributed by atoms with Crippen molar-refractivity contribution in [1.29, 1.82) is 0 Å². The second-order valence-corrected chi connectivity index (χ2v) is 30.0. The molecule has 8 heterocycles. The van der Waals surface area contributed by atoms with E-state index in [1.165, 1.54) is 240 Å². The molecule has 0 bridgehead atoms. The van der Waals surface area contributed by atoms with Crippen LogP contribution >= 0.6 is 90.7 Å². The molecular weight excluding hydrogens is 1100 g/mol. The standard InChI is InChI=1S/C70H76S8/c1-5-9-13-17-21-55-27-31-63(71-55)67-39-35-59(75-67)51-43-49(44-52(47-51)60-36-40-68(76-60)64-32-28-56(72-64)22-18-14-10-6-2)25-26-50-45-53(61-37-41-69(77-61)65-33-29-57(73-65)23-19-15-11-7-3)48-54(46-50)62-38-42-70(78-62)66-34-30-58(74-66)24-20-16-12-8-4/h25-48H,5-24H2,1-4H3/b26-25+. The zero-order valence-corrected chi connectivity index (χ0v) is 52.8. The Labute approximate surface area is 499 Å². The summed E-state index contributed by atoms with van der Waals surface area (Å²) in [6.07, 6.45) is 30.3. The van der Waals surface area contributed by atoms with Crippen LogP contribution in [0, 0.1) is 0 Å². The minimum Gasteiger partial charge on any atom is -0.139 e. The van der Waals surface area contributed by atoms with Gasteiger partial charge in [-0.2, -0.15) is 0 Å². The SMILES string of the molecule is CCCCCCc1ccc(-c2ccc(-c3cc(/C=C/c4cc(-c5ccc(-c6ccc(CCCCCC)s6)s5)cc(-c5ccc(-c6ccc(CCCCCC)s6)s5)c4)cc(-c4ccc(-c5ccc(CCCCCC)s5)s4)c3)s2)s1. The third-order valence-corrected chi connectivity index (χ3v) is 24.6. The third kappa shape index (κ3) is 15.4. The van der Waals surface area contributed by atoms with E-state index in [-0.39, 0.29) is 0 Å². The smallest absolute Gasteiger partial charge is 0.0449 e. The van der Waals surface area contributed by atoms with E-state index in [0.717, 1.165) is 0 Å². The molecule has 0 nitrogen and oxygen atoms in total. The lowest BCUT2D eigenvalue weighted by Gasteiger charge is -2.08. The number of thiophene rings is 8. The summed E-state index contributed by atoms with van der Waals surface area (Å²) in [6.45, 7) is 9.18. The van der Waals surface area contributed by atoms with Crippen molar-refractivity contribution in [2.45, 2.75) is 156 Å². The van der Waals surface area contributed by atoms with Gasteiger partial charge in [0, 0.05) is 78.0 Å². The highest BCUT2D eigenvalue weighted by Crippen LogP contribution is 2.45. The van der Waals surface area contributed by atoms with Gasteiger partial charge < -0.3 is 0 Å². The van der Waals surface area contributed by atoms with Crippen LogP contribution in [-0.2, 0) is 25.7 Å². The van der Waals surface area contributed by atoms with Gasteiger partial charge in [0.2, 0.25) is 0 Å². The molecule has 0 saturated heterocycles. The van der Waals surface area contributed by atoms with Crippen LogP contribution < -0.4 is 0 Å². The molecule has 8 aromatic heterocycles. The Balaban J connectivity index is 0.977. The molecule has 0 radical (unpaired) electrons. The van der Waals surface area contributed by atoms with Crippen molar-refractivity contribution in [3.8, 4) is 80.8 Å². The molecule has 0 amide bonds. The Morgan fingerprint density at radius 2 is 0.449 bits per heavy atom. The van der Waals surface area contributed by atoms with Crippen molar-refractivity contribution in [3.05, 3.63) is 164 Å². The highest BCUT2D eigenvalue weighted by Gasteiger charge is 2.16. The topological polar surface area (TPSA) is 0 Å². The maximum Gasteiger partial charge on any atom is 0.0449 e. The predicted octanol–water partition coefficient (Wildman–Crippen LogP) is 26.2. The van der Waals surface area contributed by atoms with E-state index in [0.29, 0.717) is 0 Å². The molecule has 0 fully saturated rings. The summed E-state index contributed by atoms with van der Waals surface area (Å²) >= 11 is 15.7. The molecule has 0 aliphatic carbocycles. The normalized spacial score (nSPS) is 11.8. The molecule has 10 rings (SSSR count). The quantitative estimate of drug-likeness (QED) is 0.0311. The molecule has 404 valence electrons. The van der Waals surface area contributed by atoms with Crippen LogP contribution in [0.15, 0.2) is 133 Å². The monoisotopic (exact) mass is 1170 g/mol. The lowest BCUT2D eigenvalue weighted by molar-refractivity contribution is 0.670. The molecule has 0 unspecified atom stereocenters. The number of hydrogen-bond acceptors (Lipinski definition) is 8. The van der Waals surface area contributed by atoms with Crippen molar-refractivity contribution >= 4 is 103 Å². The first-order chi connectivity index (χ1) is 38.4. The largest absolute Gasteiger partial charge is 0.139 e. The average Bonchev–Trinajstić information content (AvgIpc) is 4.33. The number of hydrogen-bond donors (Lipinski definition) is 0. The molecule has 0 aliphatic rings. The van der Waals surface area contributed by atoms with Gasteiger partial charge in [0.15, 0.2) is 0 Å². The summed E-state index contributed by atoms with van der Waals surface area (Å²) in [7, 11) is 0. The average molecular weight is 1170 g/mol. The lowest BCUT2D eigenvalue weighted by atomic mass is 10.0. The van der Waals surface area contributed by atoms with E-state index < -0.39 is 0 Å². The predicted molar refractivity (Wildman–Crippen MR) is 360 cm³/mol. The summed E-state index contributed by atoms with van der Waals surface area (Å²) in [5.74, 6) is 0. The molecule has 8 heteroatoms. The van der Waals surface area contributed by atoms with Gasteiger partial charge in [-0.05, 0) is 218 Å². The van der Waals surface area contributed by atoms with E-state index in [4.69, 9.17) is 0 Å². The fourth-order valence-corrected chi connectivity index (χ4v) is 18.8. The van der Waals surface area contributed by atoms with E-state index in [1.807, 2.05) is 90.7 Å². The minimum absolute atomic E-state index is 1.19. The fraction of sp³-hybridized carbons (Fsp3) is 0.343. The van der Waals surface area contributed by atoms with Gasteiger partial charge in [0.1, 0.15) is 0 Å². The number of benzene rings is 2. The van der Waals surface area contributed by atoms with E-state index in [9.17, 15) is 0 Å². The van der Waals surface area contributed by atoms with Crippen molar-refractivity contribution in [2.24, 2.45) is 0 Å². The van der Waals surface area contributed by atoms with Gasteiger partial charge in [-0.15, -0.1) is 90.7 Å².